The maximum Gasteiger partial charge on any atom is 0.305 e. The van der Waals surface area contributed by atoms with Crippen molar-refractivity contribution in [2.75, 3.05) is 7.11 Å². The summed E-state index contributed by atoms with van der Waals surface area (Å²) in [5.41, 5.74) is 1.24. The predicted molar refractivity (Wildman–Crippen MR) is 80.7 cm³/mol. The van der Waals surface area contributed by atoms with E-state index in [1.54, 1.807) is 13.0 Å². The van der Waals surface area contributed by atoms with E-state index in [1.807, 2.05) is 19.9 Å². The summed E-state index contributed by atoms with van der Waals surface area (Å²) in [6.45, 7) is 5.54. The normalized spacial score (nSPS) is 9.86. The quantitative estimate of drug-likeness (QED) is 0.803. The number of carbonyl (C=O) groups excluding carboxylic acids is 1. The first-order valence-electron chi connectivity index (χ1n) is 7.11. The van der Waals surface area contributed by atoms with Crippen molar-refractivity contribution >= 4 is 5.97 Å². The minimum atomic E-state index is -0.328. The molecule has 22 heavy (non-hydrogen) atoms. The molecule has 0 bridgehead atoms. The average Bonchev–Trinajstić information content (AvgIpc) is 2.91. The van der Waals surface area contributed by atoms with E-state index in [1.165, 1.54) is 13.2 Å². The van der Waals surface area contributed by atoms with Gasteiger partial charge in [0.25, 0.3) is 0 Å². The number of halogens is 1. The van der Waals surface area contributed by atoms with Gasteiger partial charge in [-0.25, -0.2) is 4.39 Å². The average molecular weight is 308 g/mol. The lowest BCUT2D eigenvalue weighted by atomic mass is 10.1. The Morgan fingerprint density at radius 1 is 1.36 bits per heavy atom. The number of nitrogens with zero attached hydrogens (tertiary/aromatic N) is 2. The summed E-state index contributed by atoms with van der Waals surface area (Å²) in [6, 6.07) is 4.90. The van der Waals surface area contributed by atoms with Crippen molar-refractivity contribution in [1.29, 1.82) is 0 Å². The van der Waals surface area contributed by atoms with Crippen LogP contribution in [0.2, 0.25) is 0 Å². The molecule has 1 aromatic carbocycles. The van der Waals surface area contributed by atoms with Gasteiger partial charge in [-0.1, -0.05) is 24.6 Å². The molecule has 0 amide bonds. The Morgan fingerprint density at radius 2 is 2.09 bits per heavy atom. The molecular weight excluding hydrogens is 287 g/mol. The molecule has 0 saturated heterocycles. The molecule has 0 unspecified atom stereocenters. The van der Waals surface area contributed by atoms with Crippen molar-refractivity contribution in [3.8, 4) is 11.4 Å². The Bertz CT molecular complexity index is 611. The summed E-state index contributed by atoms with van der Waals surface area (Å²) in [7, 11) is 1.41. The number of methoxy groups -OCH3 is 1. The number of ether oxygens (including phenoxy) is 1. The molecular formula is C16H21FN2O3. The zero-order chi connectivity index (χ0) is 16.5. The van der Waals surface area contributed by atoms with Crippen LogP contribution in [0.15, 0.2) is 22.7 Å². The second-order valence-electron chi connectivity index (χ2n) is 4.80. The second kappa shape index (κ2) is 8.92. The van der Waals surface area contributed by atoms with E-state index in [9.17, 15) is 9.18 Å². The molecule has 0 spiro atoms. The summed E-state index contributed by atoms with van der Waals surface area (Å²) in [4.78, 5) is 14.3. The summed E-state index contributed by atoms with van der Waals surface area (Å²) in [5, 5.41) is 3.65. The zero-order valence-corrected chi connectivity index (χ0v) is 13.4. The van der Waals surface area contributed by atoms with Gasteiger partial charge in [-0.15, -0.1) is 0 Å². The minimum Gasteiger partial charge on any atom is -0.469 e. The number of aromatic nitrogens is 2. The molecule has 1 aromatic heterocycles. The standard InChI is InChI=1S/C10H9FN2O.C6H12O2/c1-6-3-4-8(9(11)5-6)10-12-7(2)14-13-10;1-3-4-5-6(7)8-2/h3-5H,1-2H3;3-5H2,1-2H3. The fraction of sp³-hybridized carbons (Fsp3) is 0.438. The Balaban J connectivity index is 0.000000261. The first kappa shape index (κ1) is 17.8. The second-order valence-corrected chi connectivity index (χ2v) is 4.80. The van der Waals surface area contributed by atoms with Gasteiger partial charge in [0.2, 0.25) is 11.7 Å². The zero-order valence-electron chi connectivity index (χ0n) is 13.4. The van der Waals surface area contributed by atoms with Crippen LogP contribution in [0.1, 0.15) is 37.6 Å². The fourth-order valence-corrected chi connectivity index (χ4v) is 1.63. The number of rotatable bonds is 4. The molecule has 2 rings (SSSR count). The predicted octanol–water partition coefficient (Wildman–Crippen LogP) is 3.84. The fourth-order valence-electron chi connectivity index (χ4n) is 1.63. The van der Waals surface area contributed by atoms with Gasteiger partial charge in [0.05, 0.1) is 12.7 Å². The molecule has 6 heteroatoms. The lowest BCUT2D eigenvalue weighted by molar-refractivity contribution is -0.140. The van der Waals surface area contributed by atoms with Crippen LogP contribution in [-0.4, -0.2) is 23.2 Å². The van der Waals surface area contributed by atoms with Gasteiger partial charge >= 0.3 is 5.97 Å². The third kappa shape index (κ3) is 5.63. The van der Waals surface area contributed by atoms with E-state index in [2.05, 4.69) is 14.9 Å². The number of esters is 1. The van der Waals surface area contributed by atoms with Gasteiger partial charge in [-0.2, -0.15) is 4.98 Å². The molecule has 0 aliphatic carbocycles. The third-order valence-electron chi connectivity index (χ3n) is 2.86. The summed E-state index contributed by atoms with van der Waals surface area (Å²) < 4.78 is 22.6. The van der Waals surface area contributed by atoms with Crippen LogP contribution in [-0.2, 0) is 9.53 Å². The first-order chi connectivity index (χ1) is 10.5. The van der Waals surface area contributed by atoms with Crippen molar-refractivity contribution in [3.63, 3.8) is 0 Å². The first-order valence-corrected chi connectivity index (χ1v) is 7.11. The molecule has 0 aliphatic heterocycles. The maximum atomic E-state index is 13.4. The van der Waals surface area contributed by atoms with E-state index in [0.717, 1.165) is 18.4 Å². The summed E-state index contributed by atoms with van der Waals surface area (Å²) in [6.07, 6.45) is 2.55. The largest absolute Gasteiger partial charge is 0.469 e. The van der Waals surface area contributed by atoms with Gasteiger partial charge in [0.1, 0.15) is 5.82 Å². The Labute approximate surface area is 129 Å². The molecule has 0 fully saturated rings. The van der Waals surface area contributed by atoms with Crippen LogP contribution >= 0.6 is 0 Å². The number of hydrogen-bond donors (Lipinski definition) is 0. The third-order valence-corrected chi connectivity index (χ3v) is 2.86. The van der Waals surface area contributed by atoms with Crippen LogP contribution in [0.4, 0.5) is 4.39 Å². The van der Waals surface area contributed by atoms with Crippen molar-refractivity contribution in [1.82, 2.24) is 10.1 Å². The van der Waals surface area contributed by atoms with Crippen molar-refractivity contribution < 1.29 is 18.4 Å². The molecule has 5 nitrogen and oxygen atoms in total. The topological polar surface area (TPSA) is 65.2 Å². The highest BCUT2D eigenvalue weighted by molar-refractivity contribution is 5.68. The van der Waals surface area contributed by atoms with Crippen LogP contribution in [0.5, 0.6) is 0 Å². The minimum absolute atomic E-state index is 0.105. The van der Waals surface area contributed by atoms with E-state index in [0.29, 0.717) is 23.7 Å². The van der Waals surface area contributed by atoms with E-state index >= 15 is 0 Å². The van der Waals surface area contributed by atoms with Crippen LogP contribution in [0, 0.1) is 19.7 Å². The number of aryl methyl sites for hydroxylation is 2. The molecule has 0 saturated carbocycles. The SMILES string of the molecule is CCCCC(=O)OC.Cc1ccc(-c2noc(C)n2)c(F)c1. The summed E-state index contributed by atoms with van der Waals surface area (Å²) >= 11 is 0. The molecule has 0 radical (unpaired) electrons. The molecule has 0 aliphatic rings. The molecule has 1 heterocycles. The van der Waals surface area contributed by atoms with Crippen molar-refractivity contribution in [2.45, 2.75) is 40.0 Å². The van der Waals surface area contributed by atoms with E-state index < -0.39 is 0 Å². The Morgan fingerprint density at radius 3 is 2.59 bits per heavy atom. The van der Waals surface area contributed by atoms with Gasteiger partial charge < -0.3 is 9.26 Å². The van der Waals surface area contributed by atoms with Gasteiger partial charge in [-0.05, 0) is 31.0 Å². The van der Waals surface area contributed by atoms with Gasteiger partial charge in [-0.3, -0.25) is 4.79 Å². The molecule has 0 N–H and O–H groups in total. The van der Waals surface area contributed by atoms with E-state index in [-0.39, 0.29) is 11.8 Å². The monoisotopic (exact) mass is 308 g/mol. The molecule has 120 valence electrons. The van der Waals surface area contributed by atoms with E-state index in [4.69, 9.17) is 4.52 Å². The Hall–Kier alpha value is -2.24. The smallest absolute Gasteiger partial charge is 0.305 e. The lowest BCUT2D eigenvalue weighted by Crippen LogP contribution is -1.98. The van der Waals surface area contributed by atoms with Crippen LogP contribution in [0.25, 0.3) is 11.4 Å². The number of unbranched alkanes of at least 4 members (excludes halogenated alkanes) is 1. The van der Waals surface area contributed by atoms with Gasteiger partial charge in [0, 0.05) is 13.3 Å². The molecule has 2 aromatic rings. The highest BCUT2D eigenvalue weighted by Crippen LogP contribution is 2.20. The lowest BCUT2D eigenvalue weighted by Gasteiger charge is -1.97. The van der Waals surface area contributed by atoms with Crippen LogP contribution < -0.4 is 0 Å². The van der Waals surface area contributed by atoms with Gasteiger partial charge in [0.15, 0.2) is 0 Å². The highest BCUT2D eigenvalue weighted by atomic mass is 19.1. The molecule has 0 atom stereocenters. The highest BCUT2D eigenvalue weighted by Gasteiger charge is 2.10. The van der Waals surface area contributed by atoms with Crippen molar-refractivity contribution in [2.24, 2.45) is 0 Å². The Kier molecular flexibility index (Phi) is 7.22. The van der Waals surface area contributed by atoms with Crippen LogP contribution in [0.3, 0.4) is 0 Å². The number of carbonyl (C=O) groups is 1. The maximum absolute atomic E-state index is 13.4. The number of benzene rings is 1. The summed E-state index contributed by atoms with van der Waals surface area (Å²) in [5.74, 6) is 0.289. The number of hydrogen-bond acceptors (Lipinski definition) is 5. The van der Waals surface area contributed by atoms with Crippen molar-refractivity contribution in [3.05, 3.63) is 35.5 Å².